The van der Waals surface area contributed by atoms with Gasteiger partial charge >= 0.3 is 17.8 Å². The predicted molar refractivity (Wildman–Crippen MR) is 65.7 cm³/mol. The minimum atomic E-state index is -5.24. The molecular weight excluding hydrogens is 352 g/mol. The summed E-state index contributed by atoms with van der Waals surface area (Å²) in [5.41, 5.74) is -6.27. The lowest BCUT2D eigenvalue weighted by molar-refractivity contribution is -0.274. The van der Waals surface area contributed by atoms with Gasteiger partial charge in [-0.2, -0.15) is 18.4 Å². The van der Waals surface area contributed by atoms with Gasteiger partial charge in [-0.15, -0.1) is 13.2 Å². The zero-order valence-electron chi connectivity index (χ0n) is 11.2. The van der Waals surface area contributed by atoms with Crippen molar-refractivity contribution in [3.8, 4) is 11.8 Å². The van der Waals surface area contributed by atoms with E-state index in [2.05, 4.69) is 9.47 Å². The van der Waals surface area contributed by atoms with E-state index in [4.69, 9.17) is 5.26 Å². The minimum absolute atomic E-state index is 0.189. The smallest absolute Gasteiger partial charge is 0.462 e. The Labute approximate surface area is 130 Å². The van der Waals surface area contributed by atoms with Crippen LogP contribution in [0.2, 0.25) is 0 Å². The highest BCUT2D eigenvalue weighted by molar-refractivity contribution is 8.00. The van der Waals surface area contributed by atoms with Gasteiger partial charge in [0.2, 0.25) is 0 Å². The van der Waals surface area contributed by atoms with E-state index in [0.29, 0.717) is 12.1 Å². The molecule has 1 aromatic rings. The summed E-state index contributed by atoms with van der Waals surface area (Å²) in [5, 5.41) is 8.83. The molecule has 126 valence electrons. The summed E-state index contributed by atoms with van der Waals surface area (Å²) in [7, 11) is 0. The Morgan fingerprint density at radius 2 is 1.87 bits per heavy atom. The second-order valence-electron chi connectivity index (χ2n) is 3.77. The molecule has 0 N–H and O–H groups in total. The minimum Gasteiger partial charge on any atom is -0.462 e. The Hall–Kier alpha value is -2.09. The highest BCUT2D eigenvalue weighted by atomic mass is 32.2. The maximum Gasteiger partial charge on any atom is 0.573 e. The summed E-state index contributed by atoms with van der Waals surface area (Å²) in [4.78, 5) is 10.8. The van der Waals surface area contributed by atoms with Gasteiger partial charge in [0.1, 0.15) is 17.4 Å². The van der Waals surface area contributed by atoms with Crippen LogP contribution in [-0.2, 0) is 4.74 Å². The average Bonchev–Trinajstić information content (AvgIpc) is 2.35. The first-order valence-corrected chi connectivity index (χ1v) is 6.55. The van der Waals surface area contributed by atoms with Crippen LogP contribution >= 0.6 is 11.8 Å². The number of ether oxygens (including phenoxy) is 2. The summed E-state index contributed by atoms with van der Waals surface area (Å²) < 4.78 is 82.3. The number of benzene rings is 1. The van der Waals surface area contributed by atoms with E-state index in [1.165, 1.54) is 13.0 Å². The van der Waals surface area contributed by atoms with Crippen molar-refractivity contribution in [3.05, 3.63) is 23.3 Å². The van der Waals surface area contributed by atoms with Gasteiger partial charge in [0.15, 0.2) is 0 Å². The number of hydrogen-bond acceptors (Lipinski definition) is 5. The number of nitriles is 1. The van der Waals surface area contributed by atoms with Crippen molar-refractivity contribution in [2.75, 3.05) is 6.61 Å². The number of halogens is 6. The van der Waals surface area contributed by atoms with Gasteiger partial charge in [-0.25, -0.2) is 4.79 Å². The van der Waals surface area contributed by atoms with Crippen LogP contribution in [0.25, 0.3) is 0 Å². The van der Waals surface area contributed by atoms with Crippen LogP contribution in [0.5, 0.6) is 5.75 Å². The lowest BCUT2D eigenvalue weighted by Crippen LogP contribution is -2.20. The summed E-state index contributed by atoms with van der Waals surface area (Å²) in [5.74, 6) is -2.44. The second kappa shape index (κ2) is 6.99. The van der Waals surface area contributed by atoms with Gasteiger partial charge < -0.3 is 9.47 Å². The molecule has 0 aliphatic heterocycles. The molecule has 0 fully saturated rings. The van der Waals surface area contributed by atoms with Crippen molar-refractivity contribution < 1.29 is 40.6 Å². The molecule has 0 saturated carbocycles. The van der Waals surface area contributed by atoms with Crippen LogP contribution in [0.3, 0.4) is 0 Å². The van der Waals surface area contributed by atoms with E-state index in [-0.39, 0.29) is 6.61 Å². The van der Waals surface area contributed by atoms with E-state index >= 15 is 0 Å². The van der Waals surface area contributed by atoms with E-state index in [1.54, 1.807) is 0 Å². The SMILES string of the molecule is CCOC(=O)c1cc(C#N)c(SC(F)(F)F)cc1OC(F)(F)F. The maximum absolute atomic E-state index is 12.4. The Kier molecular flexibility index (Phi) is 5.76. The topological polar surface area (TPSA) is 59.3 Å². The van der Waals surface area contributed by atoms with Crippen molar-refractivity contribution in [1.82, 2.24) is 0 Å². The van der Waals surface area contributed by atoms with Crippen LogP contribution in [0, 0.1) is 11.3 Å². The van der Waals surface area contributed by atoms with Crippen LogP contribution in [0.1, 0.15) is 22.8 Å². The number of thioether (sulfide) groups is 1. The first-order chi connectivity index (χ1) is 10.5. The number of hydrogen-bond donors (Lipinski definition) is 0. The third kappa shape index (κ3) is 5.90. The molecular formula is C12H7F6NO3S. The van der Waals surface area contributed by atoms with E-state index in [1.807, 2.05) is 0 Å². The zero-order valence-corrected chi connectivity index (χ0v) is 12.0. The van der Waals surface area contributed by atoms with Crippen LogP contribution in [-0.4, -0.2) is 24.4 Å². The first-order valence-electron chi connectivity index (χ1n) is 5.73. The summed E-state index contributed by atoms with van der Waals surface area (Å²) >= 11 is -0.796. The van der Waals surface area contributed by atoms with Crippen LogP contribution < -0.4 is 4.74 Å². The fourth-order valence-corrected chi connectivity index (χ4v) is 2.06. The molecule has 1 rings (SSSR count). The Morgan fingerprint density at radius 3 is 2.30 bits per heavy atom. The number of nitrogens with zero attached hydrogens (tertiary/aromatic N) is 1. The molecule has 4 nitrogen and oxygen atoms in total. The number of alkyl halides is 6. The Morgan fingerprint density at radius 1 is 1.26 bits per heavy atom. The standard InChI is InChI=1S/C12H7F6NO3S/c1-2-21-10(20)7-3-6(5-19)9(23-12(16,17)18)4-8(7)22-11(13,14)15/h3-4H,2H2,1H3. The van der Waals surface area contributed by atoms with Gasteiger partial charge in [0.05, 0.1) is 12.2 Å². The number of rotatable bonds is 4. The van der Waals surface area contributed by atoms with Gasteiger partial charge in [0, 0.05) is 4.90 Å². The maximum atomic E-state index is 12.4. The van der Waals surface area contributed by atoms with Gasteiger partial charge in [-0.3, -0.25) is 0 Å². The van der Waals surface area contributed by atoms with Crippen LogP contribution in [0.15, 0.2) is 17.0 Å². The zero-order chi connectivity index (χ0) is 17.8. The van der Waals surface area contributed by atoms with Gasteiger partial charge in [0.25, 0.3) is 0 Å². The van der Waals surface area contributed by atoms with Gasteiger partial charge in [-0.1, -0.05) is 0 Å². The highest BCUT2D eigenvalue weighted by Crippen LogP contribution is 2.41. The molecule has 0 spiro atoms. The fourth-order valence-electron chi connectivity index (χ4n) is 1.44. The Balaban J connectivity index is 3.45. The molecule has 0 radical (unpaired) electrons. The van der Waals surface area contributed by atoms with Crippen LogP contribution in [0.4, 0.5) is 26.3 Å². The fraction of sp³-hybridized carbons (Fsp3) is 0.333. The summed E-state index contributed by atoms with van der Waals surface area (Å²) in [6.45, 7) is 1.19. The van der Waals surface area contributed by atoms with Crippen molar-refractivity contribution in [1.29, 1.82) is 5.26 Å². The molecule has 0 aromatic heterocycles. The summed E-state index contributed by atoms with van der Waals surface area (Å²) in [6.07, 6.45) is -5.24. The molecule has 0 heterocycles. The van der Waals surface area contributed by atoms with E-state index < -0.39 is 51.4 Å². The lowest BCUT2D eigenvalue weighted by atomic mass is 10.1. The molecule has 23 heavy (non-hydrogen) atoms. The number of carbonyl (C=O) groups is 1. The molecule has 0 aliphatic rings. The molecule has 0 aliphatic carbocycles. The van der Waals surface area contributed by atoms with Crippen molar-refractivity contribution >= 4 is 17.7 Å². The summed E-state index contributed by atoms with van der Waals surface area (Å²) in [6, 6.07) is 2.27. The lowest BCUT2D eigenvalue weighted by Gasteiger charge is -2.15. The van der Waals surface area contributed by atoms with Crippen molar-refractivity contribution in [3.63, 3.8) is 0 Å². The Bertz CT molecular complexity index is 635. The largest absolute Gasteiger partial charge is 0.573 e. The van der Waals surface area contributed by atoms with Gasteiger partial charge in [-0.05, 0) is 30.8 Å². The molecule has 11 heteroatoms. The first kappa shape index (κ1) is 19.0. The molecule has 0 unspecified atom stereocenters. The number of esters is 1. The molecule has 0 atom stereocenters. The highest BCUT2D eigenvalue weighted by Gasteiger charge is 2.36. The molecule has 0 saturated heterocycles. The van der Waals surface area contributed by atoms with E-state index in [9.17, 15) is 31.1 Å². The molecule has 0 bridgehead atoms. The quantitative estimate of drug-likeness (QED) is 0.457. The monoisotopic (exact) mass is 359 g/mol. The average molecular weight is 359 g/mol. The van der Waals surface area contributed by atoms with Crippen molar-refractivity contribution in [2.24, 2.45) is 0 Å². The number of carbonyl (C=O) groups excluding carboxylic acids is 1. The second-order valence-corrected chi connectivity index (χ2v) is 4.88. The van der Waals surface area contributed by atoms with E-state index in [0.717, 1.165) is 0 Å². The predicted octanol–water partition coefficient (Wildman–Crippen LogP) is 4.25. The molecule has 1 aromatic carbocycles. The molecule has 0 amide bonds. The third-order valence-corrected chi connectivity index (χ3v) is 2.94. The third-order valence-electron chi connectivity index (χ3n) is 2.15. The van der Waals surface area contributed by atoms with Crippen molar-refractivity contribution in [2.45, 2.75) is 23.7 Å². The normalized spacial score (nSPS) is 11.7.